The number of benzene rings is 1. The van der Waals surface area contributed by atoms with Crippen molar-refractivity contribution < 1.29 is 14.0 Å². The molecule has 0 saturated carbocycles. The summed E-state index contributed by atoms with van der Waals surface area (Å²) < 4.78 is 15.0. The van der Waals surface area contributed by atoms with Crippen LogP contribution in [0.1, 0.15) is 42.0 Å². The maximum absolute atomic E-state index is 15.0. The van der Waals surface area contributed by atoms with Crippen LogP contribution in [-0.2, 0) is 9.59 Å². The van der Waals surface area contributed by atoms with Crippen LogP contribution < -0.4 is 10.6 Å². The Labute approximate surface area is 195 Å². The quantitative estimate of drug-likeness (QED) is 0.557. The Bertz CT molecular complexity index is 1280. The van der Waals surface area contributed by atoms with Gasteiger partial charge in [0.2, 0.25) is 0 Å². The van der Waals surface area contributed by atoms with E-state index in [4.69, 9.17) is 0 Å². The van der Waals surface area contributed by atoms with Gasteiger partial charge in [0.25, 0.3) is 5.91 Å². The van der Waals surface area contributed by atoms with Gasteiger partial charge in [-0.15, -0.1) is 11.3 Å². The van der Waals surface area contributed by atoms with E-state index >= 15 is 4.39 Å². The van der Waals surface area contributed by atoms with Crippen LogP contribution in [0.5, 0.6) is 0 Å². The number of anilines is 1. The molecular formula is C26H22FN3O2S. The van der Waals surface area contributed by atoms with E-state index in [1.807, 2.05) is 17.5 Å². The Morgan fingerprint density at radius 3 is 2.67 bits per heavy atom. The third-order valence-electron chi connectivity index (χ3n) is 6.14. The van der Waals surface area contributed by atoms with Gasteiger partial charge in [0, 0.05) is 57.4 Å². The molecule has 0 fully saturated rings. The lowest BCUT2D eigenvalue weighted by Gasteiger charge is -2.36. The number of halogens is 1. The Balaban J connectivity index is 1.59. The van der Waals surface area contributed by atoms with Crippen LogP contribution in [0.2, 0.25) is 0 Å². The summed E-state index contributed by atoms with van der Waals surface area (Å²) in [7, 11) is 0. The Morgan fingerprint density at radius 1 is 1.12 bits per heavy atom. The van der Waals surface area contributed by atoms with Crippen LogP contribution >= 0.6 is 11.3 Å². The largest absolute Gasteiger partial charge is 0.362 e. The van der Waals surface area contributed by atoms with Gasteiger partial charge < -0.3 is 10.6 Å². The number of amides is 1. The summed E-state index contributed by atoms with van der Waals surface area (Å²) >= 11 is 1.63. The van der Waals surface area contributed by atoms with Gasteiger partial charge in [0.1, 0.15) is 11.6 Å². The van der Waals surface area contributed by atoms with Crippen molar-refractivity contribution in [3.63, 3.8) is 0 Å². The van der Waals surface area contributed by atoms with Crippen molar-refractivity contribution in [1.29, 1.82) is 0 Å². The zero-order valence-electron chi connectivity index (χ0n) is 18.0. The number of carbonyl (C=O) groups excluding carboxylic acids is 2. The lowest BCUT2D eigenvalue weighted by molar-refractivity contribution is -0.116. The van der Waals surface area contributed by atoms with Crippen molar-refractivity contribution in [3.05, 3.63) is 105 Å². The molecule has 1 aromatic carbocycles. The van der Waals surface area contributed by atoms with Crippen LogP contribution in [0.25, 0.3) is 0 Å². The van der Waals surface area contributed by atoms with Crippen LogP contribution in [-0.4, -0.2) is 16.7 Å². The molecule has 2 aromatic heterocycles. The van der Waals surface area contributed by atoms with E-state index in [9.17, 15) is 9.59 Å². The second-order valence-electron chi connectivity index (χ2n) is 8.22. The number of aromatic nitrogens is 1. The van der Waals surface area contributed by atoms with Gasteiger partial charge in [-0.25, -0.2) is 9.37 Å². The average molecular weight is 460 g/mol. The molecule has 2 aliphatic rings. The van der Waals surface area contributed by atoms with E-state index in [0.717, 1.165) is 10.6 Å². The molecule has 3 aromatic rings. The highest BCUT2D eigenvalue weighted by Gasteiger charge is 2.42. The summed E-state index contributed by atoms with van der Waals surface area (Å²) in [4.78, 5) is 32.2. The molecule has 0 radical (unpaired) electrons. The zero-order chi connectivity index (χ0) is 22.9. The smallest absolute Gasteiger partial charge is 0.255 e. The number of allylic oxidation sites excluding steroid dienone is 3. The molecule has 2 atom stereocenters. The highest BCUT2D eigenvalue weighted by molar-refractivity contribution is 7.10. The molecule has 1 aliphatic carbocycles. The first-order chi connectivity index (χ1) is 16.0. The summed E-state index contributed by atoms with van der Waals surface area (Å²) in [5, 5.41) is 8.12. The molecule has 166 valence electrons. The van der Waals surface area contributed by atoms with Gasteiger partial charge in [-0.1, -0.05) is 30.3 Å². The minimum Gasteiger partial charge on any atom is -0.362 e. The van der Waals surface area contributed by atoms with Crippen LogP contribution in [0.4, 0.5) is 10.2 Å². The molecule has 1 amide bonds. The first kappa shape index (κ1) is 21.3. The number of pyridine rings is 1. The summed E-state index contributed by atoms with van der Waals surface area (Å²) in [6, 6.07) is 15.6. The molecule has 0 spiro atoms. The minimum absolute atomic E-state index is 0.0639. The van der Waals surface area contributed by atoms with Crippen molar-refractivity contribution in [1.82, 2.24) is 10.3 Å². The SMILES string of the molecule is CC1=C(C(=O)Nc2ccccn2)C(c2ccccc2F)C2=C(CC(c3cccs3)CC2=O)N1. The highest BCUT2D eigenvalue weighted by atomic mass is 32.1. The minimum atomic E-state index is -0.789. The number of thiophene rings is 1. The van der Waals surface area contributed by atoms with Crippen LogP contribution in [0, 0.1) is 5.82 Å². The fourth-order valence-electron chi connectivity index (χ4n) is 4.71. The number of rotatable bonds is 4. The molecular weight excluding hydrogens is 437 g/mol. The molecule has 7 heteroatoms. The first-order valence-electron chi connectivity index (χ1n) is 10.8. The topological polar surface area (TPSA) is 71.1 Å². The second-order valence-corrected chi connectivity index (χ2v) is 9.20. The van der Waals surface area contributed by atoms with Gasteiger partial charge in [-0.3, -0.25) is 9.59 Å². The zero-order valence-corrected chi connectivity index (χ0v) is 18.8. The predicted octanol–water partition coefficient (Wildman–Crippen LogP) is 5.28. The number of nitrogens with one attached hydrogen (secondary N) is 2. The maximum atomic E-state index is 15.0. The lowest BCUT2D eigenvalue weighted by Crippen LogP contribution is -2.37. The van der Waals surface area contributed by atoms with Gasteiger partial charge in [0.15, 0.2) is 5.78 Å². The van der Waals surface area contributed by atoms with Gasteiger partial charge in [0.05, 0.1) is 0 Å². The number of Topliss-reactive ketones (excluding diaryl/α,β-unsaturated/α-hetero) is 1. The monoisotopic (exact) mass is 459 g/mol. The Morgan fingerprint density at radius 2 is 1.94 bits per heavy atom. The van der Waals surface area contributed by atoms with Gasteiger partial charge >= 0.3 is 0 Å². The normalized spacial score (nSPS) is 20.4. The van der Waals surface area contributed by atoms with Crippen molar-refractivity contribution in [2.24, 2.45) is 0 Å². The van der Waals surface area contributed by atoms with Gasteiger partial charge in [-0.2, -0.15) is 0 Å². The molecule has 0 saturated heterocycles. The predicted molar refractivity (Wildman–Crippen MR) is 126 cm³/mol. The van der Waals surface area contributed by atoms with Crippen molar-refractivity contribution in [2.45, 2.75) is 31.6 Å². The summed E-state index contributed by atoms with van der Waals surface area (Å²) in [5.41, 5.74) is 2.50. The number of hydrogen-bond donors (Lipinski definition) is 2. The summed E-state index contributed by atoms with van der Waals surface area (Å²) in [6.07, 6.45) is 2.56. The first-order valence-corrected chi connectivity index (χ1v) is 11.6. The molecule has 3 heterocycles. The fourth-order valence-corrected chi connectivity index (χ4v) is 5.54. The van der Waals surface area contributed by atoms with Crippen molar-refractivity contribution >= 4 is 28.8 Å². The van der Waals surface area contributed by atoms with E-state index < -0.39 is 17.6 Å². The van der Waals surface area contributed by atoms with E-state index in [2.05, 4.69) is 15.6 Å². The Kier molecular flexibility index (Phi) is 5.64. The number of carbonyl (C=O) groups is 2. The van der Waals surface area contributed by atoms with Crippen molar-refractivity contribution in [3.8, 4) is 0 Å². The maximum Gasteiger partial charge on any atom is 0.255 e. The number of nitrogens with zero attached hydrogens (tertiary/aromatic N) is 1. The second kappa shape index (κ2) is 8.75. The number of ketones is 1. The molecule has 33 heavy (non-hydrogen) atoms. The van der Waals surface area contributed by atoms with E-state index in [-0.39, 0.29) is 11.7 Å². The average Bonchev–Trinajstić information content (AvgIpc) is 3.34. The van der Waals surface area contributed by atoms with Gasteiger partial charge in [-0.05, 0) is 43.0 Å². The van der Waals surface area contributed by atoms with Crippen molar-refractivity contribution in [2.75, 3.05) is 5.32 Å². The fraction of sp³-hybridized carbons (Fsp3) is 0.192. The Hall–Kier alpha value is -3.58. The molecule has 2 N–H and O–H groups in total. The number of hydrogen-bond acceptors (Lipinski definition) is 5. The van der Waals surface area contributed by atoms with E-state index in [1.165, 1.54) is 6.07 Å². The molecule has 0 bridgehead atoms. The van der Waals surface area contributed by atoms with Crippen LogP contribution in [0.3, 0.4) is 0 Å². The molecule has 5 rings (SSSR count). The third-order valence-corrected chi connectivity index (χ3v) is 7.18. The molecule has 5 nitrogen and oxygen atoms in total. The highest BCUT2D eigenvalue weighted by Crippen LogP contribution is 2.46. The standard InChI is InChI=1S/C26H22FN3O2S/c1-15-23(26(32)30-22-10-4-5-11-28-22)24(17-7-2-3-8-18(17)27)25-19(29-15)13-16(14-20(25)31)21-9-6-12-33-21/h2-12,16,24,29H,13-14H2,1H3,(H,28,30,32). The molecule has 1 aliphatic heterocycles. The van der Waals surface area contributed by atoms with E-state index in [1.54, 1.807) is 60.9 Å². The molecule has 2 unspecified atom stereocenters. The lowest BCUT2D eigenvalue weighted by atomic mass is 9.72. The third kappa shape index (κ3) is 4.00. The van der Waals surface area contributed by atoms with E-state index in [0.29, 0.717) is 41.1 Å². The van der Waals surface area contributed by atoms with Crippen LogP contribution in [0.15, 0.2) is 88.7 Å². The summed E-state index contributed by atoms with van der Waals surface area (Å²) in [6.45, 7) is 1.80. The summed E-state index contributed by atoms with van der Waals surface area (Å²) in [5.74, 6) is -1.25. The number of dihydropyridines is 1.